The molecule has 3 fully saturated rings. The summed E-state index contributed by atoms with van der Waals surface area (Å²) in [5.74, 6) is 0.414. The average molecular weight is 321 g/mol. The lowest BCUT2D eigenvalue weighted by Gasteiger charge is -2.38. The first-order chi connectivity index (χ1) is 11.1. The van der Waals surface area contributed by atoms with Crippen molar-refractivity contribution in [3.8, 4) is 0 Å². The third-order valence-electron chi connectivity index (χ3n) is 5.93. The van der Waals surface area contributed by atoms with Gasteiger partial charge in [0.2, 0.25) is 11.8 Å². The first kappa shape index (κ1) is 16.7. The summed E-state index contributed by atoms with van der Waals surface area (Å²) in [4.78, 5) is 29.1. The number of likely N-dealkylation sites (tertiary alicyclic amines) is 2. The largest absolute Gasteiger partial charge is 0.344 e. The van der Waals surface area contributed by atoms with Crippen molar-refractivity contribution in [1.29, 1.82) is 0 Å². The molecule has 1 aliphatic carbocycles. The van der Waals surface area contributed by atoms with Gasteiger partial charge in [-0.15, -0.1) is 0 Å². The van der Waals surface area contributed by atoms with Gasteiger partial charge in [0.15, 0.2) is 0 Å². The molecule has 3 rings (SSSR count). The van der Waals surface area contributed by atoms with E-state index in [0.717, 1.165) is 38.8 Å². The maximum Gasteiger partial charge on any atom is 0.245 e. The van der Waals surface area contributed by atoms with E-state index in [1.54, 1.807) is 0 Å². The van der Waals surface area contributed by atoms with Crippen molar-refractivity contribution in [2.24, 2.45) is 5.92 Å². The Kier molecular flexibility index (Phi) is 5.57. The summed E-state index contributed by atoms with van der Waals surface area (Å²) in [5, 5.41) is 2.94. The molecule has 5 nitrogen and oxygen atoms in total. The minimum absolute atomic E-state index is 0.0813. The molecule has 23 heavy (non-hydrogen) atoms. The predicted molar refractivity (Wildman–Crippen MR) is 90.0 cm³/mol. The molecule has 1 N–H and O–H groups in total. The smallest absolute Gasteiger partial charge is 0.245 e. The highest BCUT2D eigenvalue weighted by Crippen LogP contribution is 2.29. The molecule has 130 valence electrons. The molecule has 0 unspecified atom stereocenters. The van der Waals surface area contributed by atoms with Crippen molar-refractivity contribution in [1.82, 2.24) is 15.1 Å². The van der Waals surface area contributed by atoms with Gasteiger partial charge in [-0.3, -0.25) is 9.59 Å². The first-order valence-electron chi connectivity index (χ1n) is 9.45. The number of nitrogens with one attached hydrogen (secondary N) is 1. The van der Waals surface area contributed by atoms with Gasteiger partial charge < -0.3 is 15.1 Å². The molecule has 0 radical (unpaired) electrons. The quantitative estimate of drug-likeness (QED) is 0.858. The van der Waals surface area contributed by atoms with Crippen LogP contribution in [0.25, 0.3) is 0 Å². The normalized spacial score (nSPS) is 25.7. The number of piperidine rings is 1. The summed E-state index contributed by atoms with van der Waals surface area (Å²) in [6.07, 6.45) is 9.33. The Labute approximate surface area is 139 Å². The SMILES string of the molecule is CC(=O)N[C@@H](C(=O)N1CCC(N2CCCC2)CC1)C1CCCC1. The molecule has 0 aromatic heterocycles. The van der Waals surface area contributed by atoms with Crippen LogP contribution in [0.4, 0.5) is 0 Å². The topological polar surface area (TPSA) is 52.7 Å². The number of hydrogen-bond acceptors (Lipinski definition) is 3. The zero-order valence-electron chi connectivity index (χ0n) is 14.4. The second kappa shape index (κ2) is 7.65. The van der Waals surface area contributed by atoms with Gasteiger partial charge in [0, 0.05) is 26.1 Å². The highest BCUT2D eigenvalue weighted by molar-refractivity contribution is 5.87. The molecule has 1 atom stereocenters. The van der Waals surface area contributed by atoms with Gasteiger partial charge in [-0.2, -0.15) is 0 Å². The Morgan fingerprint density at radius 3 is 2.09 bits per heavy atom. The van der Waals surface area contributed by atoms with E-state index in [2.05, 4.69) is 10.2 Å². The van der Waals surface area contributed by atoms with E-state index in [0.29, 0.717) is 12.0 Å². The number of nitrogens with zero attached hydrogens (tertiary/aromatic N) is 2. The molecule has 5 heteroatoms. The van der Waals surface area contributed by atoms with Crippen LogP contribution >= 0.6 is 0 Å². The Bertz CT molecular complexity index is 420. The molecular weight excluding hydrogens is 290 g/mol. The molecule has 2 saturated heterocycles. The third-order valence-corrected chi connectivity index (χ3v) is 5.93. The Balaban J connectivity index is 1.56. The molecule has 0 aromatic carbocycles. The van der Waals surface area contributed by atoms with E-state index in [1.165, 1.54) is 45.7 Å². The van der Waals surface area contributed by atoms with Crippen LogP contribution in [0.3, 0.4) is 0 Å². The Morgan fingerprint density at radius 1 is 0.913 bits per heavy atom. The third kappa shape index (κ3) is 4.06. The van der Waals surface area contributed by atoms with E-state index in [-0.39, 0.29) is 17.9 Å². The predicted octanol–water partition coefficient (Wildman–Crippen LogP) is 1.77. The molecule has 2 amide bonds. The van der Waals surface area contributed by atoms with Crippen molar-refractivity contribution in [3.63, 3.8) is 0 Å². The maximum absolute atomic E-state index is 12.9. The zero-order valence-corrected chi connectivity index (χ0v) is 14.4. The van der Waals surface area contributed by atoms with Crippen LogP contribution in [0.2, 0.25) is 0 Å². The van der Waals surface area contributed by atoms with E-state index in [1.807, 2.05) is 4.90 Å². The van der Waals surface area contributed by atoms with Gasteiger partial charge in [-0.25, -0.2) is 0 Å². The highest BCUT2D eigenvalue weighted by atomic mass is 16.2. The van der Waals surface area contributed by atoms with Crippen LogP contribution in [-0.4, -0.2) is 59.9 Å². The molecule has 0 bridgehead atoms. The molecule has 2 aliphatic heterocycles. The van der Waals surface area contributed by atoms with Gasteiger partial charge in [0.05, 0.1) is 0 Å². The standard InChI is InChI=1S/C18H31N3O2/c1-14(22)19-17(15-6-2-3-7-15)18(23)21-12-8-16(9-13-21)20-10-4-5-11-20/h15-17H,2-13H2,1H3,(H,19,22)/t17-/m1/s1. The van der Waals surface area contributed by atoms with Crippen LogP contribution in [-0.2, 0) is 9.59 Å². The van der Waals surface area contributed by atoms with Crippen LogP contribution < -0.4 is 5.32 Å². The summed E-state index contributed by atoms with van der Waals surface area (Å²) in [6, 6.07) is 0.366. The second-order valence-corrected chi connectivity index (χ2v) is 7.52. The minimum atomic E-state index is -0.293. The lowest BCUT2D eigenvalue weighted by atomic mass is 9.95. The van der Waals surface area contributed by atoms with Crippen molar-refractivity contribution < 1.29 is 9.59 Å². The van der Waals surface area contributed by atoms with Gasteiger partial charge >= 0.3 is 0 Å². The molecule has 1 saturated carbocycles. The number of amides is 2. The average Bonchev–Trinajstić information content (AvgIpc) is 3.25. The fourth-order valence-corrected chi connectivity index (χ4v) is 4.65. The van der Waals surface area contributed by atoms with Crippen molar-refractivity contribution in [3.05, 3.63) is 0 Å². The zero-order chi connectivity index (χ0) is 16.2. The first-order valence-corrected chi connectivity index (χ1v) is 9.45. The highest BCUT2D eigenvalue weighted by Gasteiger charge is 2.36. The number of carbonyl (C=O) groups is 2. The lowest BCUT2D eigenvalue weighted by Crippen LogP contribution is -2.54. The van der Waals surface area contributed by atoms with Crippen LogP contribution in [0.1, 0.15) is 58.3 Å². The molecule has 0 spiro atoms. The van der Waals surface area contributed by atoms with Crippen molar-refractivity contribution >= 4 is 11.8 Å². The van der Waals surface area contributed by atoms with Gasteiger partial charge in [-0.1, -0.05) is 12.8 Å². The van der Waals surface area contributed by atoms with E-state index >= 15 is 0 Å². The minimum Gasteiger partial charge on any atom is -0.344 e. The van der Waals surface area contributed by atoms with Crippen molar-refractivity contribution in [2.75, 3.05) is 26.2 Å². The fourth-order valence-electron chi connectivity index (χ4n) is 4.65. The van der Waals surface area contributed by atoms with Gasteiger partial charge in [0.1, 0.15) is 6.04 Å². The van der Waals surface area contributed by atoms with E-state index in [9.17, 15) is 9.59 Å². The fraction of sp³-hybridized carbons (Fsp3) is 0.889. The summed E-state index contributed by atoms with van der Waals surface area (Å²) in [6.45, 7) is 5.69. The van der Waals surface area contributed by atoms with Crippen LogP contribution in [0.15, 0.2) is 0 Å². The maximum atomic E-state index is 12.9. The number of rotatable bonds is 4. The molecule has 3 aliphatic rings. The molecule has 2 heterocycles. The van der Waals surface area contributed by atoms with Gasteiger partial charge in [0.25, 0.3) is 0 Å². The van der Waals surface area contributed by atoms with Crippen LogP contribution in [0.5, 0.6) is 0 Å². The Hall–Kier alpha value is -1.10. The molecule has 0 aromatic rings. The van der Waals surface area contributed by atoms with Crippen LogP contribution in [0, 0.1) is 5.92 Å². The summed E-state index contributed by atoms with van der Waals surface area (Å²) in [5.41, 5.74) is 0. The monoisotopic (exact) mass is 321 g/mol. The van der Waals surface area contributed by atoms with Crippen molar-refractivity contribution in [2.45, 2.75) is 70.4 Å². The summed E-state index contributed by atoms with van der Waals surface area (Å²) < 4.78 is 0. The second-order valence-electron chi connectivity index (χ2n) is 7.52. The summed E-state index contributed by atoms with van der Waals surface area (Å²) in [7, 11) is 0. The number of hydrogen-bond donors (Lipinski definition) is 1. The van der Waals surface area contributed by atoms with E-state index < -0.39 is 0 Å². The van der Waals surface area contributed by atoms with Gasteiger partial charge in [-0.05, 0) is 57.5 Å². The lowest BCUT2D eigenvalue weighted by molar-refractivity contribution is -0.139. The van der Waals surface area contributed by atoms with E-state index in [4.69, 9.17) is 0 Å². The number of carbonyl (C=O) groups excluding carboxylic acids is 2. The molecular formula is C18H31N3O2. The summed E-state index contributed by atoms with van der Waals surface area (Å²) >= 11 is 0. The Morgan fingerprint density at radius 2 is 1.52 bits per heavy atom.